The molecular weight excluding hydrogens is 430 g/mol. The second-order valence-corrected chi connectivity index (χ2v) is 8.16. The van der Waals surface area contributed by atoms with Crippen LogP contribution < -0.4 is 5.32 Å². The Kier molecular flexibility index (Phi) is 7.83. The van der Waals surface area contributed by atoms with Gasteiger partial charge in [-0.25, -0.2) is 0 Å². The van der Waals surface area contributed by atoms with Crippen LogP contribution >= 0.6 is 15.9 Å². The van der Waals surface area contributed by atoms with E-state index in [1.165, 1.54) is 0 Å². The fourth-order valence-corrected chi connectivity index (χ4v) is 4.08. The van der Waals surface area contributed by atoms with Gasteiger partial charge in [0, 0.05) is 42.8 Å². The van der Waals surface area contributed by atoms with Crippen molar-refractivity contribution in [3.8, 4) is 0 Å². The van der Waals surface area contributed by atoms with Gasteiger partial charge in [-0.1, -0.05) is 59.3 Å². The summed E-state index contributed by atoms with van der Waals surface area (Å²) in [5.41, 5.74) is 3.19. The fourth-order valence-electron chi connectivity index (χ4n) is 3.60. The van der Waals surface area contributed by atoms with Gasteiger partial charge in [-0.2, -0.15) is 0 Å². The van der Waals surface area contributed by atoms with Crippen molar-refractivity contribution in [1.82, 2.24) is 9.80 Å². The number of piperazine rings is 1. The van der Waals surface area contributed by atoms with Crippen LogP contribution in [0.15, 0.2) is 53.0 Å². The maximum atomic E-state index is 12.5. The summed E-state index contributed by atoms with van der Waals surface area (Å²) >= 11 is 3.54. The summed E-state index contributed by atoms with van der Waals surface area (Å²) in [7, 11) is 0. The van der Waals surface area contributed by atoms with Crippen molar-refractivity contribution in [3.05, 3.63) is 64.1 Å². The van der Waals surface area contributed by atoms with Gasteiger partial charge < -0.3 is 10.2 Å². The molecule has 2 aromatic rings. The van der Waals surface area contributed by atoms with Gasteiger partial charge in [0.15, 0.2) is 0 Å². The van der Waals surface area contributed by atoms with Crippen LogP contribution in [0.3, 0.4) is 0 Å². The molecule has 0 atom stereocenters. The molecule has 0 aliphatic carbocycles. The van der Waals surface area contributed by atoms with Crippen molar-refractivity contribution in [2.24, 2.45) is 0 Å². The van der Waals surface area contributed by atoms with E-state index < -0.39 is 0 Å². The second-order valence-electron chi connectivity index (χ2n) is 7.31. The Bertz CT molecular complexity index is 848. The van der Waals surface area contributed by atoms with Crippen molar-refractivity contribution >= 4 is 33.4 Å². The predicted octanol–water partition coefficient (Wildman–Crippen LogP) is 3.73. The number of aryl methyl sites for hydroxylation is 2. The third-order valence-corrected chi connectivity index (χ3v) is 6.10. The van der Waals surface area contributed by atoms with Gasteiger partial charge in [0.05, 0.1) is 6.54 Å². The van der Waals surface area contributed by atoms with Crippen LogP contribution in [0.5, 0.6) is 0 Å². The fraction of sp³-hybridized carbons (Fsp3) is 0.391. The Morgan fingerprint density at radius 1 is 0.966 bits per heavy atom. The zero-order valence-corrected chi connectivity index (χ0v) is 18.5. The SMILES string of the molecule is CCc1ccccc1NC(=O)CN1CCN(C(=O)CCc2ccccc2Br)CC1. The molecule has 1 aliphatic heterocycles. The molecule has 1 N–H and O–H groups in total. The monoisotopic (exact) mass is 457 g/mol. The largest absolute Gasteiger partial charge is 0.340 e. The molecule has 154 valence electrons. The van der Waals surface area contributed by atoms with Crippen LogP contribution in [0, 0.1) is 0 Å². The topological polar surface area (TPSA) is 52.7 Å². The van der Waals surface area contributed by atoms with Crippen molar-refractivity contribution in [2.45, 2.75) is 26.2 Å². The zero-order chi connectivity index (χ0) is 20.6. The summed E-state index contributed by atoms with van der Waals surface area (Å²) in [6.07, 6.45) is 2.13. The number of para-hydroxylation sites is 1. The summed E-state index contributed by atoms with van der Waals surface area (Å²) in [5.74, 6) is 0.182. The lowest BCUT2D eigenvalue weighted by Crippen LogP contribution is -2.50. The van der Waals surface area contributed by atoms with Gasteiger partial charge in [0.1, 0.15) is 0 Å². The lowest BCUT2D eigenvalue weighted by atomic mass is 10.1. The number of carbonyl (C=O) groups excluding carboxylic acids is 2. The average Bonchev–Trinajstić information content (AvgIpc) is 2.74. The molecule has 29 heavy (non-hydrogen) atoms. The van der Waals surface area contributed by atoms with E-state index in [-0.39, 0.29) is 11.8 Å². The first-order chi connectivity index (χ1) is 14.1. The van der Waals surface area contributed by atoms with Crippen LogP contribution in [-0.4, -0.2) is 54.3 Å². The minimum atomic E-state index is -0.000366. The van der Waals surface area contributed by atoms with E-state index in [1.54, 1.807) is 0 Å². The normalized spacial score (nSPS) is 14.6. The molecule has 1 aliphatic rings. The van der Waals surface area contributed by atoms with E-state index in [0.29, 0.717) is 26.1 Å². The van der Waals surface area contributed by atoms with Crippen LogP contribution in [0.25, 0.3) is 0 Å². The number of rotatable bonds is 7. The first-order valence-electron chi connectivity index (χ1n) is 10.2. The quantitative estimate of drug-likeness (QED) is 0.688. The number of halogens is 1. The molecule has 0 spiro atoms. The highest BCUT2D eigenvalue weighted by Gasteiger charge is 2.22. The molecule has 0 bridgehead atoms. The summed E-state index contributed by atoms with van der Waals surface area (Å²) in [5, 5.41) is 3.02. The third kappa shape index (κ3) is 6.15. The molecule has 6 heteroatoms. The lowest BCUT2D eigenvalue weighted by molar-refractivity contribution is -0.133. The van der Waals surface area contributed by atoms with Gasteiger partial charge in [0.2, 0.25) is 11.8 Å². The van der Waals surface area contributed by atoms with E-state index >= 15 is 0 Å². The second kappa shape index (κ2) is 10.6. The van der Waals surface area contributed by atoms with Crippen LogP contribution in [-0.2, 0) is 22.4 Å². The number of nitrogens with one attached hydrogen (secondary N) is 1. The molecule has 0 radical (unpaired) electrons. The molecule has 0 saturated carbocycles. The number of hydrogen-bond acceptors (Lipinski definition) is 3. The van der Waals surface area contributed by atoms with E-state index in [2.05, 4.69) is 33.1 Å². The Morgan fingerprint density at radius 2 is 1.62 bits per heavy atom. The summed E-state index contributed by atoms with van der Waals surface area (Å²) < 4.78 is 1.05. The standard InChI is InChI=1S/C23H28BrN3O2/c1-2-18-7-4-6-10-21(18)25-22(28)17-26-13-15-27(16-14-26)23(29)12-11-19-8-3-5-9-20(19)24/h3-10H,2,11-17H2,1H3,(H,25,28). The van der Waals surface area contributed by atoms with E-state index in [1.807, 2.05) is 53.4 Å². The van der Waals surface area contributed by atoms with Crippen molar-refractivity contribution in [2.75, 3.05) is 38.0 Å². The van der Waals surface area contributed by atoms with Gasteiger partial charge in [0.25, 0.3) is 0 Å². The molecule has 2 aromatic carbocycles. The Balaban J connectivity index is 1.42. The lowest BCUT2D eigenvalue weighted by Gasteiger charge is -2.34. The maximum absolute atomic E-state index is 12.5. The smallest absolute Gasteiger partial charge is 0.238 e. The molecule has 1 heterocycles. The molecular formula is C23H28BrN3O2. The summed E-state index contributed by atoms with van der Waals surface area (Å²) in [6.45, 7) is 5.24. The molecule has 0 aromatic heterocycles. The first kappa shape index (κ1) is 21.5. The first-order valence-corrected chi connectivity index (χ1v) is 11.0. The van der Waals surface area contributed by atoms with Gasteiger partial charge >= 0.3 is 0 Å². The Labute approximate surface area is 181 Å². The highest BCUT2D eigenvalue weighted by atomic mass is 79.9. The van der Waals surface area contributed by atoms with E-state index in [4.69, 9.17) is 0 Å². The number of anilines is 1. The van der Waals surface area contributed by atoms with E-state index in [9.17, 15) is 9.59 Å². The number of nitrogens with zero attached hydrogens (tertiary/aromatic N) is 2. The zero-order valence-electron chi connectivity index (χ0n) is 16.9. The highest BCUT2D eigenvalue weighted by Crippen LogP contribution is 2.18. The minimum Gasteiger partial charge on any atom is -0.340 e. The van der Waals surface area contributed by atoms with Crippen LogP contribution in [0.4, 0.5) is 5.69 Å². The van der Waals surface area contributed by atoms with Crippen LogP contribution in [0.1, 0.15) is 24.5 Å². The number of hydrogen-bond donors (Lipinski definition) is 1. The molecule has 5 nitrogen and oxygen atoms in total. The molecule has 3 rings (SSSR count). The molecule has 1 saturated heterocycles. The highest BCUT2D eigenvalue weighted by molar-refractivity contribution is 9.10. The van der Waals surface area contributed by atoms with Crippen molar-refractivity contribution in [1.29, 1.82) is 0 Å². The minimum absolute atomic E-state index is 0.000366. The van der Waals surface area contributed by atoms with Crippen molar-refractivity contribution < 1.29 is 9.59 Å². The maximum Gasteiger partial charge on any atom is 0.238 e. The third-order valence-electron chi connectivity index (χ3n) is 5.33. The number of benzene rings is 2. The molecule has 1 fully saturated rings. The van der Waals surface area contributed by atoms with Crippen molar-refractivity contribution in [3.63, 3.8) is 0 Å². The Morgan fingerprint density at radius 3 is 2.31 bits per heavy atom. The van der Waals surface area contributed by atoms with Crippen LogP contribution in [0.2, 0.25) is 0 Å². The molecule has 2 amide bonds. The average molecular weight is 458 g/mol. The molecule has 0 unspecified atom stereocenters. The van der Waals surface area contributed by atoms with Gasteiger partial charge in [-0.05, 0) is 36.1 Å². The summed E-state index contributed by atoms with van der Waals surface area (Å²) in [4.78, 5) is 29.0. The van der Waals surface area contributed by atoms with Gasteiger partial charge in [-0.3, -0.25) is 14.5 Å². The van der Waals surface area contributed by atoms with Gasteiger partial charge in [-0.15, -0.1) is 0 Å². The predicted molar refractivity (Wildman–Crippen MR) is 120 cm³/mol. The summed E-state index contributed by atoms with van der Waals surface area (Å²) in [6, 6.07) is 15.9. The number of carbonyl (C=O) groups is 2. The number of amides is 2. The Hall–Kier alpha value is -2.18. The van der Waals surface area contributed by atoms with E-state index in [0.717, 1.165) is 47.2 Å².